The highest BCUT2D eigenvalue weighted by Crippen LogP contribution is 2.37. The summed E-state index contributed by atoms with van der Waals surface area (Å²) in [6.45, 7) is 1.94. The van der Waals surface area contributed by atoms with Gasteiger partial charge in [0, 0.05) is 0 Å². The Labute approximate surface area is 205 Å². The molecule has 174 valence electrons. The van der Waals surface area contributed by atoms with E-state index in [-0.39, 0.29) is 17.3 Å². The largest absolute Gasteiger partial charge is 0.497 e. The molecule has 2 aromatic carbocycles. The Hall–Kier alpha value is -3.50. The molecular weight excluding hydrogens is 476 g/mol. The second kappa shape index (κ2) is 9.78. The standard InChI is InChI=1S/C24H20N2O6S2/c1-3-32-23(30)15-6-8-16(9-7-15)25-20(27)13-18(21(25)28)26-22(29)19(34-24(26)33)12-14-4-10-17(31-2)11-5-14/h4-12,18H,3,13H2,1-2H3/b19-12-. The van der Waals surface area contributed by atoms with Crippen molar-refractivity contribution < 1.29 is 28.7 Å². The lowest BCUT2D eigenvalue weighted by Gasteiger charge is -2.21. The molecule has 0 spiro atoms. The summed E-state index contributed by atoms with van der Waals surface area (Å²) < 4.78 is 10.3. The topological polar surface area (TPSA) is 93.2 Å². The first-order valence-corrected chi connectivity index (χ1v) is 11.6. The summed E-state index contributed by atoms with van der Waals surface area (Å²) >= 11 is 6.47. The molecule has 0 bridgehead atoms. The molecule has 2 fully saturated rings. The summed E-state index contributed by atoms with van der Waals surface area (Å²) in [5.41, 5.74) is 1.39. The normalized spacial score (nSPS) is 19.4. The molecule has 3 amide bonds. The third kappa shape index (κ3) is 4.46. The van der Waals surface area contributed by atoms with Crippen molar-refractivity contribution in [3.63, 3.8) is 0 Å². The van der Waals surface area contributed by atoms with Gasteiger partial charge in [-0.05, 0) is 55.0 Å². The van der Waals surface area contributed by atoms with E-state index >= 15 is 0 Å². The number of ether oxygens (including phenoxy) is 2. The number of carbonyl (C=O) groups is 4. The Kier molecular flexibility index (Phi) is 6.80. The number of thiocarbonyl (C=S) groups is 1. The smallest absolute Gasteiger partial charge is 0.338 e. The van der Waals surface area contributed by atoms with Crippen LogP contribution in [-0.4, -0.2) is 52.7 Å². The second-order valence-corrected chi connectivity index (χ2v) is 9.06. The van der Waals surface area contributed by atoms with E-state index in [1.54, 1.807) is 44.4 Å². The Morgan fingerprint density at radius 3 is 2.41 bits per heavy atom. The summed E-state index contributed by atoms with van der Waals surface area (Å²) in [5.74, 6) is -1.22. The number of amides is 3. The van der Waals surface area contributed by atoms with Crippen molar-refractivity contribution in [2.75, 3.05) is 18.6 Å². The highest BCUT2D eigenvalue weighted by molar-refractivity contribution is 8.26. The number of thioether (sulfide) groups is 1. The molecule has 0 aromatic heterocycles. The average molecular weight is 497 g/mol. The lowest BCUT2D eigenvalue weighted by atomic mass is 10.2. The van der Waals surface area contributed by atoms with Crippen molar-refractivity contribution in [2.24, 2.45) is 0 Å². The fourth-order valence-corrected chi connectivity index (χ4v) is 5.01. The molecule has 2 saturated heterocycles. The fraction of sp³-hybridized carbons (Fsp3) is 0.208. The third-order valence-electron chi connectivity index (χ3n) is 5.31. The summed E-state index contributed by atoms with van der Waals surface area (Å²) in [4.78, 5) is 53.4. The highest BCUT2D eigenvalue weighted by Gasteiger charge is 2.48. The lowest BCUT2D eigenvalue weighted by molar-refractivity contribution is -0.129. The molecule has 0 N–H and O–H groups in total. The van der Waals surface area contributed by atoms with Crippen LogP contribution in [-0.2, 0) is 19.1 Å². The van der Waals surface area contributed by atoms with E-state index in [2.05, 4.69) is 0 Å². The van der Waals surface area contributed by atoms with Crippen LogP contribution in [0.15, 0.2) is 53.4 Å². The predicted octanol–water partition coefficient (Wildman–Crippen LogP) is 3.41. The minimum absolute atomic E-state index is 0.180. The number of hydrogen-bond acceptors (Lipinski definition) is 8. The first kappa shape index (κ1) is 23.7. The van der Waals surface area contributed by atoms with Gasteiger partial charge in [0.15, 0.2) is 0 Å². The van der Waals surface area contributed by atoms with Gasteiger partial charge in [0.2, 0.25) is 5.91 Å². The van der Waals surface area contributed by atoms with Crippen molar-refractivity contribution in [3.8, 4) is 5.75 Å². The van der Waals surface area contributed by atoms with Crippen LogP contribution in [0.1, 0.15) is 29.3 Å². The molecule has 2 aliphatic rings. The number of rotatable bonds is 6. The van der Waals surface area contributed by atoms with Crippen LogP contribution in [0.5, 0.6) is 5.75 Å². The van der Waals surface area contributed by atoms with Gasteiger partial charge in [0.25, 0.3) is 11.8 Å². The summed E-state index contributed by atoms with van der Waals surface area (Å²) in [7, 11) is 1.57. The minimum Gasteiger partial charge on any atom is -0.497 e. The fourth-order valence-electron chi connectivity index (χ4n) is 3.65. The van der Waals surface area contributed by atoms with Gasteiger partial charge in [-0.3, -0.25) is 19.3 Å². The molecule has 0 radical (unpaired) electrons. The van der Waals surface area contributed by atoms with Crippen LogP contribution in [0.25, 0.3) is 6.08 Å². The Balaban J connectivity index is 1.53. The maximum atomic E-state index is 13.2. The van der Waals surface area contributed by atoms with Gasteiger partial charge in [-0.15, -0.1) is 0 Å². The van der Waals surface area contributed by atoms with Gasteiger partial charge >= 0.3 is 5.97 Å². The summed E-state index contributed by atoms with van der Waals surface area (Å²) in [6, 6.07) is 12.1. The Morgan fingerprint density at radius 2 is 1.79 bits per heavy atom. The maximum absolute atomic E-state index is 13.2. The zero-order valence-electron chi connectivity index (χ0n) is 18.3. The van der Waals surface area contributed by atoms with E-state index in [0.29, 0.717) is 21.9 Å². The van der Waals surface area contributed by atoms with Crippen molar-refractivity contribution in [3.05, 3.63) is 64.6 Å². The van der Waals surface area contributed by atoms with E-state index < -0.39 is 29.7 Å². The minimum atomic E-state index is -1.02. The predicted molar refractivity (Wildman–Crippen MR) is 131 cm³/mol. The number of imide groups is 1. The number of methoxy groups -OCH3 is 1. The van der Waals surface area contributed by atoms with Crippen molar-refractivity contribution >= 4 is 63.8 Å². The monoisotopic (exact) mass is 496 g/mol. The highest BCUT2D eigenvalue weighted by atomic mass is 32.2. The van der Waals surface area contributed by atoms with Crippen LogP contribution >= 0.6 is 24.0 Å². The maximum Gasteiger partial charge on any atom is 0.338 e. The molecule has 8 nitrogen and oxygen atoms in total. The molecule has 10 heteroatoms. The number of benzene rings is 2. The summed E-state index contributed by atoms with van der Waals surface area (Å²) in [5, 5.41) is 0. The van der Waals surface area contributed by atoms with Crippen molar-refractivity contribution in [2.45, 2.75) is 19.4 Å². The van der Waals surface area contributed by atoms with E-state index in [1.807, 2.05) is 0 Å². The molecule has 34 heavy (non-hydrogen) atoms. The number of hydrogen-bond donors (Lipinski definition) is 0. The summed E-state index contributed by atoms with van der Waals surface area (Å²) in [6.07, 6.45) is 1.51. The first-order chi connectivity index (χ1) is 16.3. The average Bonchev–Trinajstić information content (AvgIpc) is 3.27. The Bertz CT molecular complexity index is 1210. The molecule has 2 aliphatic heterocycles. The molecule has 1 unspecified atom stereocenters. The SMILES string of the molecule is CCOC(=O)c1ccc(N2C(=O)CC(N3C(=O)/C(=C/c4ccc(OC)cc4)SC3=S)C2=O)cc1. The van der Waals surface area contributed by atoms with Gasteiger partial charge in [-0.25, -0.2) is 9.69 Å². The first-order valence-electron chi connectivity index (χ1n) is 10.4. The molecule has 0 saturated carbocycles. The Morgan fingerprint density at radius 1 is 1.12 bits per heavy atom. The number of carbonyl (C=O) groups excluding carboxylic acids is 4. The van der Waals surface area contributed by atoms with Crippen molar-refractivity contribution in [1.82, 2.24) is 4.90 Å². The number of esters is 1. The van der Waals surface area contributed by atoms with Crippen LogP contribution in [0.3, 0.4) is 0 Å². The van der Waals surface area contributed by atoms with Gasteiger partial charge in [0.1, 0.15) is 16.1 Å². The van der Waals surface area contributed by atoms with Crippen molar-refractivity contribution in [1.29, 1.82) is 0 Å². The second-order valence-electron chi connectivity index (χ2n) is 7.38. The number of anilines is 1. The quantitative estimate of drug-likeness (QED) is 0.260. The van der Waals surface area contributed by atoms with Gasteiger partial charge in [-0.2, -0.15) is 0 Å². The van der Waals surface area contributed by atoms with Gasteiger partial charge < -0.3 is 9.47 Å². The van der Waals surface area contributed by atoms with Crippen LogP contribution in [0, 0.1) is 0 Å². The zero-order chi connectivity index (χ0) is 24.4. The molecular formula is C24H20N2O6S2. The van der Waals surface area contributed by atoms with E-state index in [4.69, 9.17) is 21.7 Å². The van der Waals surface area contributed by atoms with Crippen LogP contribution in [0.2, 0.25) is 0 Å². The van der Waals surface area contributed by atoms with E-state index in [9.17, 15) is 19.2 Å². The van der Waals surface area contributed by atoms with E-state index in [1.165, 1.54) is 29.2 Å². The molecule has 2 heterocycles. The molecule has 2 aromatic rings. The third-order valence-corrected chi connectivity index (χ3v) is 6.64. The molecule has 4 rings (SSSR count). The van der Waals surface area contributed by atoms with Crippen LogP contribution in [0.4, 0.5) is 5.69 Å². The van der Waals surface area contributed by atoms with Gasteiger partial charge in [0.05, 0.1) is 36.3 Å². The molecule has 1 atom stereocenters. The van der Waals surface area contributed by atoms with Gasteiger partial charge in [-0.1, -0.05) is 36.1 Å². The van der Waals surface area contributed by atoms with Crippen LogP contribution < -0.4 is 9.64 Å². The lowest BCUT2D eigenvalue weighted by Crippen LogP contribution is -2.44. The van der Waals surface area contributed by atoms with E-state index in [0.717, 1.165) is 22.2 Å². The zero-order valence-corrected chi connectivity index (χ0v) is 20.0. The molecule has 0 aliphatic carbocycles. The number of nitrogens with zero attached hydrogens (tertiary/aromatic N) is 2.